The van der Waals surface area contributed by atoms with E-state index in [4.69, 9.17) is 45.4 Å². The molecule has 2 aromatic rings. The number of anilines is 1. The molecule has 0 spiro atoms. The van der Waals surface area contributed by atoms with E-state index in [0.29, 0.717) is 10.6 Å². The first kappa shape index (κ1) is 24.9. The Morgan fingerprint density at radius 2 is 1.82 bits per heavy atom. The van der Waals surface area contributed by atoms with E-state index in [-0.39, 0.29) is 21.4 Å². The van der Waals surface area contributed by atoms with E-state index in [1.54, 1.807) is 45.0 Å². The first-order chi connectivity index (χ1) is 15.3. The third-order valence-corrected chi connectivity index (χ3v) is 6.04. The van der Waals surface area contributed by atoms with Crippen LogP contribution in [0, 0.1) is 11.3 Å². The van der Waals surface area contributed by atoms with Crippen molar-refractivity contribution < 1.29 is 19.4 Å². The minimum absolute atomic E-state index is 0.112. The zero-order valence-corrected chi connectivity index (χ0v) is 20.6. The van der Waals surface area contributed by atoms with Crippen LogP contribution in [0.4, 0.5) is 10.5 Å². The molecule has 3 rings (SSSR count). The number of rotatable bonds is 3. The third kappa shape index (κ3) is 4.55. The molecule has 1 aliphatic heterocycles. The van der Waals surface area contributed by atoms with E-state index < -0.39 is 29.2 Å². The fraction of sp³-hybridized carbons (Fsp3) is 0.304. The molecule has 2 atom stereocenters. The zero-order chi connectivity index (χ0) is 24.7. The molecule has 10 heteroatoms. The Hall–Kier alpha value is -2.70. The van der Waals surface area contributed by atoms with Crippen LogP contribution in [0.2, 0.25) is 10.0 Å². The van der Waals surface area contributed by atoms with Crippen LogP contribution >= 0.6 is 35.4 Å². The third-order valence-electron chi connectivity index (χ3n) is 5.11. The molecular formula is C23H21Cl2N3O4S. The van der Waals surface area contributed by atoms with Crippen LogP contribution < -0.4 is 4.90 Å². The topological polar surface area (TPSA) is 93.9 Å². The number of nitriles is 1. The molecule has 1 N–H and O–H groups in total. The van der Waals surface area contributed by atoms with Crippen molar-refractivity contribution in [2.75, 3.05) is 4.90 Å². The fourth-order valence-corrected chi connectivity index (χ4v) is 4.25. The van der Waals surface area contributed by atoms with Crippen molar-refractivity contribution in [1.82, 2.24) is 4.90 Å². The van der Waals surface area contributed by atoms with Crippen molar-refractivity contribution in [3.8, 4) is 6.07 Å². The average Bonchev–Trinajstić information content (AvgIpc) is 2.93. The number of aliphatic hydroxyl groups excluding tert-OH is 1. The number of ether oxygens (including phenoxy) is 1. The zero-order valence-electron chi connectivity index (χ0n) is 18.3. The van der Waals surface area contributed by atoms with Gasteiger partial charge in [0.05, 0.1) is 16.3 Å². The van der Waals surface area contributed by atoms with Gasteiger partial charge in [-0.25, -0.2) is 9.69 Å². The van der Waals surface area contributed by atoms with Crippen LogP contribution in [0.5, 0.6) is 0 Å². The Labute approximate surface area is 207 Å². The molecule has 0 unspecified atom stereocenters. The molecule has 0 radical (unpaired) electrons. The summed E-state index contributed by atoms with van der Waals surface area (Å²) in [7, 11) is 0. The number of hydrogen-bond donors (Lipinski definition) is 1. The van der Waals surface area contributed by atoms with E-state index in [1.165, 1.54) is 25.1 Å². The minimum Gasteiger partial charge on any atom is -0.443 e. The number of aliphatic hydroxyl groups is 1. The quantitative estimate of drug-likeness (QED) is 0.574. The molecule has 2 aromatic carbocycles. The Morgan fingerprint density at radius 3 is 2.33 bits per heavy atom. The van der Waals surface area contributed by atoms with Gasteiger partial charge >= 0.3 is 6.09 Å². The van der Waals surface area contributed by atoms with Gasteiger partial charge in [0, 0.05) is 5.02 Å². The molecule has 7 nitrogen and oxygen atoms in total. The van der Waals surface area contributed by atoms with Gasteiger partial charge in [-0.15, -0.1) is 0 Å². The summed E-state index contributed by atoms with van der Waals surface area (Å²) in [5, 5.41) is 20.8. The van der Waals surface area contributed by atoms with Crippen molar-refractivity contribution in [3.05, 3.63) is 63.6 Å². The molecule has 2 amide bonds. The predicted molar refractivity (Wildman–Crippen MR) is 129 cm³/mol. The molecule has 1 aliphatic rings. The standard InChI is InChI=1S/C23H21Cl2N3O4S/c1-22(2,3)32-21(31)28-20(33)27(16-10-7-14(12-26)17(25)11-16)19(30)23(28,4)18(29)13-5-8-15(24)9-6-13/h5-11,18,29H,1-4H3/t18-,23+/m0/s1. The Kier molecular flexibility index (Phi) is 6.74. The van der Waals surface area contributed by atoms with Crippen LogP contribution in [-0.2, 0) is 9.53 Å². The Morgan fingerprint density at radius 1 is 1.21 bits per heavy atom. The van der Waals surface area contributed by atoms with Gasteiger partial charge in [-0.2, -0.15) is 5.26 Å². The van der Waals surface area contributed by atoms with Gasteiger partial charge < -0.3 is 9.84 Å². The summed E-state index contributed by atoms with van der Waals surface area (Å²) in [6.45, 7) is 6.45. The summed E-state index contributed by atoms with van der Waals surface area (Å²) < 4.78 is 5.50. The molecule has 0 aliphatic carbocycles. The average molecular weight is 506 g/mol. The molecular weight excluding hydrogens is 485 g/mol. The van der Waals surface area contributed by atoms with Gasteiger partial charge in [-0.1, -0.05) is 35.3 Å². The number of benzene rings is 2. The van der Waals surface area contributed by atoms with Gasteiger partial charge in [0.25, 0.3) is 5.91 Å². The lowest BCUT2D eigenvalue weighted by molar-refractivity contribution is -0.130. The highest BCUT2D eigenvalue weighted by Crippen LogP contribution is 2.42. The SMILES string of the molecule is CC(C)(C)OC(=O)N1C(=S)N(c2ccc(C#N)c(Cl)c2)C(=O)[C@@]1(C)[C@@H](O)c1ccc(Cl)cc1. The summed E-state index contributed by atoms with van der Waals surface area (Å²) in [4.78, 5) is 29.0. The van der Waals surface area contributed by atoms with Crippen molar-refractivity contribution in [3.63, 3.8) is 0 Å². The summed E-state index contributed by atoms with van der Waals surface area (Å²) >= 11 is 17.6. The maximum Gasteiger partial charge on any atom is 0.417 e. The number of thiocarbonyl (C=S) groups is 1. The molecule has 0 bridgehead atoms. The van der Waals surface area contributed by atoms with Crippen LogP contribution in [0.3, 0.4) is 0 Å². The normalized spacial score (nSPS) is 19.5. The fourth-order valence-electron chi connectivity index (χ4n) is 3.45. The second-order valence-corrected chi connectivity index (χ2v) is 9.83. The summed E-state index contributed by atoms with van der Waals surface area (Å²) in [5.74, 6) is -0.665. The van der Waals surface area contributed by atoms with Gasteiger partial charge in [-0.05, 0) is 75.8 Å². The van der Waals surface area contributed by atoms with Gasteiger partial charge in [0.2, 0.25) is 0 Å². The predicted octanol–water partition coefficient (Wildman–Crippen LogP) is 5.23. The van der Waals surface area contributed by atoms with E-state index >= 15 is 0 Å². The number of nitrogens with zero attached hydrogens (tertiary/aromatic N) is 3. The molecule has 0 saturated carbocycles. The molecule has 1 fully saturated rings. The van der Waals surface area contributed by atoms with Crippen LogP contribution in [0.1, 0.15) is 44.9 Å². The number of hydrogen-bond acceptors (Lipinski definition) is 6. The summed E-state index contributed by atoms with van der Waals surface area (Å²) in [6.07, 6.45) is -2.36. The number of carbonyl (C=O) groups excluding carboxylic acids is 2. The Bertz CT molecular complexity index is 1170. The first-order valence-corrected chi connectivity index (χ1v) is 11.0. The van der Waals surface area contributed by atoms with Gasteiger partial charge in [0.1, 0.15) is 17.8 Å². The van der Waals surface area contributed by atoms with E-state index in [0.717, 1.165) is 9.80 Å². The second-order valence-electron chi connectivity index (χ2n) is 8.62. The van der Waals surface area contributed by atoms with E-state index in [9.17, 15) is 14.7 Å². The van der Waals surface area contributed by atoms with Crippen molar-refractivity contribution in [2.45, 2.75) is 44.9 Å². The molecule has 0 aromatic heterocycles. The first-order valence-electron chi connectivity index (χ1n) is 9.86. The maximum atomic E-state index is 13.8. The van der Waals surface area contributed by atoms with Crippen LogP contribution in [-0.4, -0.2) is 38.3 Å². The second kappa shape index (κ2) is 8.92. The molecule has 1 heterocycles. The lowest BCUT2D eigenvalue weighted by Gasteiger charge is -2.36. The van der Waals surface area contributed by atoms with Crippen LogP contribution in [0.25, 0.3) is 0 Å². The van der Waals surface area contributed by atoms with Gasteiger partial charge in [-0.3, -0.25) is 9.69 Å². The number of amides is 2. The largest absolute Gasteiger partial charge is 0.443 e. The Balaban J connectivity index is 2.15. The van der Waals surface area contributed by atoms with Crippen molar-refractivity contribution in [2.24, 2.45) is 0 Å². The number of halogens is 2. The highest BCUT2D eigenvalue weighted by molar-refractivity contribution is 7.80. The maximum absolute atomic E-state index is 13.8. The lowest BCUT2D eigenvalue weighted by Crippen LogP contribution is -2.55. The minimum atomic E-state index is -1.84. The smallest absolute Gasteiger partial charge is 0.417 e. The lowest BCUT2D eigenvalue weighted by atomic mass is 9.88. The summed E-state index contributed by atoms with van der Waals surface area (Å²) in [5.41, 5.74) is -1.91. The molecule has 1 saturated heterocycles. The van der Waals surface area contributed by atoms with Gasteiger partial charge in [0.15, 0.2) is 10.7 Å². The molecule has 33 heavy (non-hydrogen) atoms. The van der Waals surface area contributed by atoms with Crippen molar-refractivity contribution in [1.29, 1.82) is 5.26 Å². The van der Waals surface area contributed by atoms with E-state index in [2.05, 4.69) is 0 Å². The molecule has 172 valence electrons. The monoisotopic (exact) mass is 505 g/mol. The highest BCUT2D eigenvalue weighted by Gasteiger charge is 2.60. The highest BCUT2D eigenvalue weighted by atomic mass is 35.5. The van der Waals surface area contributed by atoms with Crippen LogP contribution in [0.15, 0.2) is 42.5 Å². The van der Waals surface area contributed by atoms with Crippen molar-refractivity contribution >= 4 is 58.2 Å². The number of carbonyl (C=O) groups is 2. The van der Waals surface area contributed by atoms with E-state index in [1.807, 2.05) is 6.07 Å². The summed E-state index contributed by atoms with van der Waals surface area (Å²) in [6, 6.07) is 12.5.